The minimum Gasteiger partial charge on any atom is -0.378 e. The highest BCUT2D eigenvalue weighted by molar-refractivity contribution is 5.97. The Morgan fingerprint density at radius 1 is 1.26 bits per heavy atom. The molecule has 1 aromatic rings. The molecule has 0 radical (unpaired) electrons. The van der Waals surface area contributed by atoms with Crippen LogP contribution in [0.3, 0.4) is 0 Å². The lowest BCUT2D eigenvalue weighted by Gasteiger charge is -2.30. The maximum Gasteiger partial charge on any atom is 0.416 e. The Balaban J connectivity index is 2.18. The number of anilines is 1. The molecular weight excluding hydrogens is 313 g/mol. The molecule has 0 aromatic heterocycles. The Hall–Kier alpha value is -2.09. The van der Waals surface area contributed by atoms with E-state index in [-0.39, 0.29) is 18.1 Å². The molecule has 0 atom stereocenters. The smallest absolute Gasteiger partial charge is 0.378 e. The zero-order valence-corrected chi connectivity index (χ0v) is 12.6. The van der Waals surface area contributed by atoms with Gasteiger partial charge in [-0.15, -0.1) is 0 Å². The molecule has 0 bridgehead atoms. The van der Waals surface area contributed by atoms with Crippen LogP contribution in [0.4, 0.5) is 18.9 Å². The predicted octanol–water partition coefficient (Wildman–Crippen LogP) is 1.92. The third-order valence-corrected chi connectivity index (χ3v) is 3.52. The highest BCUT2D eigenvalue weighted by Gasteiger charge is 2.31. The summed E-state index contributed by atoms with van der Waals surface area (Å²) < 4.78 is 43.5. The fourth-order valence-electron chi connectivity index (χ4n) is 2.28. The van der Waals surface area contributed by atoms with Gasteiger partial charge in [0.05, 0.1) is 18.8 Å². The van der Waals surface area contributed by atoms with Gasteiger partial charge in [-0.3, -0.25) is 9.59 Å². The minimum atomic E-state index is -4.51. The molecule has 0 aliphatic carbocycles. The summed E-state index contributed by atoms with van der Waals surface area (Å²) in [6.45, 7) is 2.56. The summed E-state index contributed by atoms with van der Waals surface area (Å²) in [5.74, 6) is -0.813. The van der Waals surface area contributed by atoms with Crippen LogP contribution in [0.15, 0.2) is 24.3 Å². The molecule has 0 saturated carbocycles. The molecule has 0 spiro atoms. The van der Waals surface area contributed by atoms with Crippen LogP contribution in [-0.4, -0.2) is 49.6 Å². The SMILES string of the molecule is CC(=O)N(CC(=O)N1CCOCC1)c1cccc(C(F)(F)F)c1. The third-order valence-electron chi connectivity index (χ3n) is 3.52. The summed E-state index contributed by atoms with van der Waals surface area (Å²) in [5, 5.41) is 0. The standard InChI is InChI=1S/C15H17F3N2O3/c1-11(21)20(10-14(22)19-5-7-23-8-6-19)13-4-2-3-12(9-13)15(16,17)18/h2-4,9H,5-8,10H2,1H3. The van der Waals surface area contributed by atoms with Crippen LogP contribution in [0, 0.1) is 0 Å². The fourth-order valence-corrected chi connectivity index (χ4v) is 2.28. The quantitative estimate of drug-likeness (QED) is 0.851. The first kappa shape index (κ1) is 17.3. The van der Waals surface area contributed by atoms with Gasteiger partial charge in [-0.05, 0) is 18.2 Å². The van der Waals surface area contributed by atoms with Crippen LogP contribution in [0.2, 0.25) is 0 Å². The molecular formula is C15H17F3N2O3. The molecule has 2 rings (SSSR count). The number of carbonyl (C=O) groups is 2. The lowest BCUT2D eigenvalue weighted by molar-refractivity contribution is -0.137. The van der Waals surface area contributed by atoms with Crippen molar-refractivity contribution < 1.29 is 27.5 Å². The van der Waals surface area contributed by atoms with E-state index in [4.69, 9.17) is 4.74 Å². The molecule has 1 heterocycles. The second-order valence-electron chi connectivity index (χ2n) is 5.15. The van der Waals surface area contributed by atoms with Gasteiger partial charge in [0, 0.05) is 25.7 Å². The molecule has 0 unspecified atom stereocenters. The zero-order valence-electron chi connectivity index (χ0n) is 12.6. The third kappa shape index (κ3) is 4.44. The first-order valence-corrected chi connectivity index (χ1v) is 7.10. The van der Waals surface area contributed by atoms with Crippen LogP contribution in [0.5, 0.6) is 0 Å². The van der Waals surface area contributed by atoms with Gasteiger partial charge in [-0.1, -0.05) is 6.07 Å². The van der Waals surface area contributed by atoms with E-state index >= 15 is 0 Å². The molecule has 8 heteroatoms. The molecule has 1 aliphatic rings. The number of carbonyl (C=O) groups excluding carboxylic acids is 2. The average Bonchev–Trinajstić information content (AvgIpc) is 2.52. The van der Waals surface area contributed by atoms with Crippen molar-refractivity contribution in [1.82, 2.24) is 4.90 Å². The van der Waals surface area contributed by atoms with Gasteiger partial charge in [-0.25, -0.2) is 0 Å². The number of morpholine rings is 1. The average molecular weight is 330 g/mol. The molecule has 5 nitrogen and oxygen atoms in total. The molecule has 1 fully saturated rings. The zero-order chi connectivity index (χ0) is 17.0. The van der Waals surface area contributed by atoms with Crippen molar-refractivity contribution in [2.45, 2.75) is 13.1 Å². The highest BCUT2D eigenvalue weighted by atomic mass is 19.4. The van der Waals surface area contributed by atoms with Crippen molar-refractivity contribution in [3.05, 3.63) is 29.8 Å². The summed E-state index contributed by atoms with van der Waals surface area (Å²) in [4.78, 5) is 26.6. The second kappa shape index (κ2) is 6.99. The van der Waals surface area contributed by atoms with Crippen molar-refractivity contribution >= 4 is 17.5 Å². The molecule has 126 valence electrons. The molecule has 2 amide bonds. The van der Waals surface area contributed by atoms with E-state index in [0.29, 0.717) is 26.3 Å². The van der Waals surface area contributed by atoms with E-state index < -0.39 is 17.6 Å². The van der Waals surface area contributed by atoms with Crippen molar-refractivity contribution in [2.24, 2.45) is 0 Å². The lowest BCUT2D eigenvalue weighted by Crippen LogP contribution is -2.46. The number of ether oxygens (including phenoxy) is 1. The first-order chi connectivity index (χ1) is 10.8. The number of alkyl halides is 3. The summed E-state index contributed by atoms with van der Waals surface area (Å²) in [7, 11) is 0. The summed E-state index contributed by atoms with van der Waals surface area (Å²) in [6, 6.07) is 4.39. The van der Waals surface area contributed by atoms with Gasteiger partial charge < -0.3 is 14.5 Å². The number of nitrogens with zero attached hydrogens (tertiary/aromatic N) is 2. The predicted molar refractivity (Wildman–Crippen MR) is 76.9 cm³/mol. The Kier molecular flexibility index (Phi) is 5.25. The first-order valence-electron chi connectivity index (χ1n) is 7.10. The Labute approximate surface area is 131 Å². The van der Waals surface area contributed by atoms with E-state index in [9.17, 15) is 22.8 Å². The van der Waals surface area contributed by atoms with E-state index in [0.717, 1.165) is 17.0 Å². The number of hydrogen-bond acceptors (Lipinski definition) is 3. The largest absolute Gasteiger partial charge is 0.416 e. The number of halogens is 3. The summed E-state index contributed by atoms with van der Waals surface area (Å²) in [6.07, 6.45) is -4.51. The van der Waals surface area contributed by atoms with Gasteiger partial charge >= 0.3 is 6.18 Å². The fraction of sp³-hybridized carbons (Fsp3) is 0.467. The topological polar surface area (TPSA) is 49.9 Å². The normalized spacial score (nSPS) is 15.4. The van der Waals surface area contributed by atoms with E-state index in [1.165, 1.54) is 24.0 Å². The van der Waals surface area contributed by atoms with Crippen molar-refractivity contribution in [1.29, 1.82) is 0 Å². The van der Waals surface area contributed by atoms with Crippen molar-refractivity contribution in [3.8, 4) is 0 Å². The van der Waals surface area contributed by atoms with Gasteiger partial charge in [0.1, 0.15) is 6.54 Å². The van der Waals surface area contributed by atoms with Crippen LogP contribution in [0.25, 0.3) is 0 Å². The lowest BCUT2D eigenvalue weighted by atomic mass is 10.1. The van der Waals surface area contributed by atoms with E-state index in [1.807, 2.05) is 0 Å². The molecule has 1 saturated heterocycles. The summed E-state index contributed by atoms with van der Waals surface area (Å²) in [5.41, 5.74) is -0.811. The van der Waals surface area contributed by atoms with Gasteiger partial charge in [0.15, 0.2) is 0 Å². The Morgan fingerprint density at radius 2 is 1.91 bits per heavy atom. The Morgan fingerprint density at radius 3 is 2.48 bits per heavy atom. The van der Waals surface area contributed by atoms with Crippen molar-refractivity contribution in [3.63, 3.8) is 0 Å². The Bertz CT molecular complexity index is 584. The molecule has 0 N–H and O–H groups in total. The molecule has 1 aromatic carbocycles. The van der Waals surface area contributed by atoms with E-state index in [1.54, 1.807) is 0 Å². The second-order valence-corrected chi connectivity index (χ2v) is 5.15. The number of benzene rings is 1. The molecule has 23 heavy (non-hydrogen) atoms. The maximum absolute atomic E-state index is 12.8. The van der Waals surface area contributed by atoms with Crippen LogP contribution < -0.4 is 4.90 Å². The van der Waals surface area contributed by atoms with Crippen molar-refractivity contribution in [2.75, 3.05) is 37.7 Å². The van der Waals surface area contributed by atoms with E-state index in [2.05, 4.69) is 0 Å². The van der Waals surface area contributed by atoms with Gasteiger partial charge in [0.2, 0.25) is 11.8 Å². The number of hydrogen-bond donors (Lipinski definition) is 0. The number of amides is 2. The maximum atomic E-state index is 12.8. The molecule has 1 aliphatic heterocycles. The monoisotopic (exact) mass is 330 g/mol. The van der Waals surface area contributed by atoms with Gasteiger partial charge in [-0.2, -0.15) is 13.2 Å². The number of rotatable bonds is 3. The summed E-state index contributed by atoms with van der Waals surface area (Å²) >= 11 is 0. The highest BCUT2D eigenvalue weighted by Crippen LogP contribution is 2.31. The van der Waals surface area contributed by atoms with Crippen LogP contribution in [-0.2, 0) is 20.5 Å². The van der Waals surface area contributed by atoms with Crippen LogP contribution in [0.1, 0.15) is 12.5 Å². The van der Waals surface area contributed by atoms with Crippen LogP contribution >= 0.6 is 0 Å². The van der Waals surface area contributed by atoms with Gasteiger partial charge in [0.25, 0.3) is 0 Å². The minimum absolute atomic E-state index is 0.0499.